The predicted octanol–water partition coefficient (Wildman–Crippen LogP) is 10.8. The molecule has 0 bridgehead atoms. The van der Waals surface area contributed by atoms with E-state index in [1.54, 1.807) is 0 Å². The number of benzene rings is 14. The summed E-state index contributed by atoms with van der Waals surface area (Å²) in [6, 6.07) is 141. The SMILES string of the molecule is [Br-].[Br-].[C-]#Cc1ccc([N+](=O)[O-])cc1.[C-]#Cc1ccc([N+](=O)[O-])cc1.[Pd+2].[Pd+2].c1ccc(P(c2ccccc2)c2ccccc2)cc1.c1ccc(P(c2ccccc2)c2ccccc2)cc1.c1ccc(P(c2ccccc2)c2ccccc2)cc1.c1ccc(P(c2ccccc2)c2ccccc2)cc1. The molecule has 6 nitrogen and oxygen atoms in total. The number of nitro benzene ring substituents is 2. The Morgan fingerprint density at radius 2 is 0.314 bits per heavy atom. The summed E-state index contributed by atoms with van der Waals surface area (Å²) < 4.78 is 0. The number of nitro groups is 2. The van der Waals surface area contributed by atoms with E-state index in [9.17, 15) is 20.2 Å². The van der Waals surface area contributed by atoms with E-state index in [1.165, 1.54) is 112 Å². The Labute approximate surface area is 654 Å². The molecule has 0 atom stereocenters. The van der Waals surface area contributed by atoms with Crippen LogP contribution in [0.3, 0.4) is 0 Å². The van der Waals surface area contributed by atoms with Crippen LogP contribution in [0, 0.1) is 44.9 Å². The smallest absolute Gasteiger partial charge is 1.00 e. The van der Waals surface area contributed by atoms with E-state index in [-0.39, 0.29) is 86.2 Å². The Balaban J connectivity index is 0.000000222. The van der Waals surface area contributed by atoms with Crippen LogP contribution in [0.2, 0.25) is 0 Å². The maximum absolute atomic E-state index is 10.1. The van der Waals surface area contributed by atoms with E-state index < -0.39 is 41.5 Å². The molecule has 0 unspecified atom stereocenters. The molecule has 0 fully saturated rings. The van der Waals surface area contributed by atoms with E-state index in [2.05, 4.69) is 376 Å². The molecule has 0 aliphatic rings. The molecule has 0 aliphatic carbocycles. The van der Waals surface area contributed by atoms with Crippen molar-refractivity contribution in [1.29, 1.82) is 0 Å². The van der Waals surface area contributed by atoms with Gasteiger partial charge in [-0.1, -0.05) is 364 Å². The van der Waals surface area contributed by atoms with Gasteiger partial charge in [0.05, 0.1) is 9.85 Å². The Bertz CT molecular complexity index is 3760. The van der Waals surface area contributed by atoms with Crippen LogP contribution in [-0.2, 0) is 40.8 Å². The Kier molecular flexibility index (Phi) is 38.7. The molecule has 508 valence electrons. The average molecular weight is 1710 g/mol. The zero-order chi connectivity index (χ0) is 68.2. The van der Waals surface area contributed by atoms with Crippen LogP contribution in [-0.4, -0.2) is 9.85 Å². The second-order valence-corrected chi connectivity index (χ2v) is 30.1. The Morgan fingerprint density at radius 1 is 0.206 bits per heavy atom. The fraction of sp³-hybridized carbons (Fsp3) is 0. The second kappa shape index (κ2) is 47.2. The van der Waals surface area contributed by atoms with Gasteiger partial charge in [-0.25, -0.2) is 0 Å². The van der Waals surface area contributed by atoms with Crippen LogP contribution in [0.4, 0.5) is 11.4 Å². The summed E-state index contributed by atoms with van der Waals surface area (Å²) in [5.41, 5.74) is 1.14. The van der Waals surface area contributed by atoms with Gasteiger partial charge in [0.15, 0.2) is 0 Å². The van der Waals surface area contributed by atoms with Crippen molar-refractivity contribution in [1.82, 2.24) is 0 Å². The van der Waals surface area contributed by atoms with Gasteiger partial charge in [0, 0.05) is 0 Å². The second-order valence-electron chi connectivity index (χ2n) is 21.2. The molecule has 14 aromatic rings. The zero-order valence-corrected chi connectivity index (χ0v) is 64.8. The number of hydrogen-bond donors (Lipinski definition) is 0. The molecule has 102 heavy (non-hydrogen) atoms. The van der Waals surface area contributed by atoms with Crippen LogP contribution >= 0.6 is 31.7 Å². The van der Waals surface area contributed by atoms with Crippen molar-refractivity contribution in [3.05, 3.63) is 457 Å². The number of rotatable bonds is 14. The largest absolute Gasteiger partial charge is 2.00 e. The van der Waals surface area contributed by atoms with Crippen molar-refractivity contribution >= 4 is 107 Å². The van der Waals surface area contributed by atoms with Gasteiger partial charge in [0.2, 0.25) is 0 Å². The van der Waals surface area contributed by atoms with Crippen LogP contribution < -0.4 is 97.6 Å². The molecule has 0 amide bonds. The topological polar surface area (TPSA) is 86.3 Å². The first kappa shape index (κ1) is 83.7. The summed E-state index contributed by atoms with van der Waals surface area (Å²) in [7, 11) is -1.78. The van der Waals surface area contributed by atoms with Gasteiger partial charge < -0.3 is 46.8 Å². The summed E-state index contributed by atoms with van der Waals surface area (Å²) in [5.74, 6) is 4.24. The molecule has 0 saturated heterocycles. The van der Waals surface area contributed by atoms with Crippen LogP contribution in [0.15, 0.2) is 413 Å². The molecule has 14 aromatic carbocycles. The van der Waals surface area contributed by atoms with Gasteiger partial charge in [-0.2, -0.15) is 0 Å². The molecule has 0 aliphatic heterocycles. The normalized spacial score (nSPS) is 9.75. The Morgan fingerprint density at radius 3 is 0.402 bits per heavy atom. The molecular formula is C88H68Br2N2O4P4Pd2. The fourth-order valence-corrected chi connectivity index (χ4v) is 19.3. The van der Waals surface area contributed by atoms with Crippen LogP contribution in [0.25, 0.3) is 0 Å². The standard InChI is InChI=1S/4C18H15P.2C8H4NO2.2BrH.2Pd/c4*1-4-10-16(11-5-1)19(17-12-6-2-7-13-17)18-14-8-3-9-15-18;2*1-2-7-3-5-8(6-4-7)9(10)11;;;;/h4*1-15H;2*3-6H;2*1H;;/q;;;;2*-1;;;2*+2/p-2. The van der Waals surface area contributed by atoms with Crippen molar-refractivity contribution in [2.24, 2.45) is 0 Å². The summed E-state index contributed by atoms with van der Waals surface area (Å²) in [6.07, 6.45) is 13.4. The number of nitrogens with zero attached hydrogens (tertiary/aromatic N) is 2. The molecule has 0 N–H and O–H groups in total. The van der Waals surface area contributed by atoms with Crippen LogP contribution in [0.5, 0.6) is 0 Å². The predicted molar refractivity (Wildman–Crippen MR) is 419 cm³/mol. The minimum Gasteiger partial charge on any atom is -1.00 e. The van der Waals surface area contributed by atoms with Gasteiger partial charge in [-0.3, -0.25) is 32.1 Å². The number of non-ortho nitro benzene ring substituents is 2. The first-order chi connectivity index (χ1) is 48.3. The van der Waals surface area contributed by atoms with E-state index in [0.29, 0.717) is 11.1 Å². The van der Waals surface area contributed by atoms with Gasteiger partial charge in [-0.15, -0.1) is 35.4 Å². The summed E-state index contributed by atoms with van der Waals surface area (Å²) in [5, 5.41) is 37.1. The van der Waals surface area contributed by atoms with E-state index in [0.717, 1.165) is 0 Å². The molecule has 0 saturated carbocycles. The molecule has 0 radical (unpaired) electrons. The van der Waals surface area contributed by atoms with Crippen LogP contribution in [0.1, 0.15) is 11.1 Å². The van der Waals surface area contributed by atoms with E-state index >= 15 is 0 Å². The quantitative estimate of drug-likeness (QED) is 0.0271. The average Bonchev–Trinajstić information content (AvgIpc) is 0.842. The molecular weight excluding hydrogens is 1650 g/mol. The first-order valence-corrected chi connectivity index (χ1v) is 36.8. The third kappa shape index (κ3) is 26.4. The maximum atomic E-state index is 10.1. The van der Waals surface area contributed by atoms with Gasteiger partial charge in [0.25, 0.3) is 11.4 Å². The molecule has 0 spiro atoms. The summed E-state index contributed by atoms with van der Waals surface area (Å²) >= 11 is 0. The minimum absolute atomic E-state index is 0. The first-order valence-electron chi connectivity index (χ1n) is 31.4. The van der Waals surface area contributed by atoms with Crippen molar-refractivity contribution in [2.45, 2.75) is 0 Å². The van der Waals surface area contributed by atoms with Gasteiger partial charge >= 0.3 is 40.8 Å². The Hall–Kier alpha value is -9.00. The maximum Gasteiger partial charge on any atom is 2.00 e. The third-order valence-corrected chi connectivity index (χ3v) is 24.4. The van der Waals surface area contributed by atoms with Gasteiger partial charge in [-0.05, 0) is 120 Å². The summed E-state index contributed by atoms with van der Waals surface area (Å²) in [4.78, 5) is 19.3. The number of hydrogen-bond acceptors (Lipinski definition) is 4. The minimum atomic E-state index is -0.478. The molecule has 14 heteroatoms. The van der Waals surface area contributed by atoms with Crippen molar-refractivity contribution in [3.8, 4) is 11.8 Å². The van der Waals surface area contributed by atoms with Crippen molar-refractivity contribution < 1.29 is 84.7 Å². The monoisotopic (exact) mass is 1710 g/mol. The van der Waals surface area contributed by atoms with Crippen molar-refractivity contribution in [3.63, 3.8) is 0 Å². The fourth-order valence-electron chi connectivity index (χ4n) is 10.0. The van der Waals surface area contributed by atoms with E-state index in [4.69, 9.17) is 12.8 Å². The van der Waals surface area contributed by atoms with Crippen molar-refractivity contribution in [2.75, 3.05) is 0 Å². The molecule has 14 rings (SSSR count). The molecule has 0 aromatic heterocycles. The molecule has 0 heterocycles. The van der Waals surface area contributed by atoms with Gasteiger partial charge in [0.1, 0.15) is 0 Å². The number of halogens is 2. The van der Waals surface area contributed by atoms with E-state index in [1.807, 2.05) is 0 Å². The summed E-state index contributed by atoms with van der Waals surface area (Å²) in [6.45, 7) is 0. The zero-order valence-electron chi connectivity index (χ0n) is 55.0. The third-order valence-electron chi connectivity index (χ3n) is 14.6.